The molecule has 0 atom stereocenters. The van der Waals surface area contributed by atoms with Gasteiger partial charge in [-0.1, -0.05) is 30.3 Å². The number of amidine groups is 1. The van der Waals surface area contributed by atoms with Crippen molar-refractivity contribution in [2.24, 2.45) is 10.7 Å². The van der Waals surface area contributed by atoms with E-state index in [1.807, 2.05) is 30.3 Å². The minimum atomic E-state index is -0.395. The molecule has 5 N–H and O–H groups in total. The van der Waals surface area contributed by atoms with Gasteiger partial charge in [0.15, 0.2) is 5.11 Å². The maximum Gasteiger partial charge on any atom is 0.271 e. The number of hydrogen-bond donors (Lipinski definition) is 4. The van der Waals surface area contributed by atoms with Gasteiger partial charge in [-0.15, -0.1) is 11.6 Å². The first-order valence-corrected chi connectivity index (χ1v) is 7.95. The molecule has 0 bridgehead atoms. The number of carbonyl (C=O) groups is 1. The van der Waals surface area contributed by atoms with E-state index in [0.29, 0.717) is 11.3 Å². The average molecular weight is 362 g/mol. The molecule has 0 aliphatic rings. The third kappa shape index (κ3) is 5.22. The minimum absolute atomic E-state index is 0.0826. The highest BCUT2D eigenvalue weighted by atomic mass is 35.5. The highest BCUT2D eigenvalue weighted by Gasteiger charge is 2.11. The molecular weight excluding hydrogens is 346 g/mol. The van der Waals surface area contributed by atoms with E-state index in [1.54, 1.807) is 24.3 Å². The molecule has 124 valence electrons. The van der Waals surface area contributed by atoms with Gasteiger partial charge in [0, 0.05) is 5.69 Å². The third-order valence-corrected chi connectivity index (χ3v) is 3.35. The molecule has 0 fully saturated rings. The fourth-order valence-electron chi connectivity index (χ4n) is 1.81. The number of rotatable bonds is 4. The number of nitrogens with two attached hydrogens (primary N) is 1. The number of hydrogen-bond acceptors (Lipinski definition) is 3. The largest absolute Gasteiger partial charge is 0.386 e. The Balaban J connectivity index is 1.99. The molecular formula is C16H16ClN5OS. The van der Waals surface area contributed by atoms with Crippen molar-refractivity contribution in [1.82, 2.24) is 10.9 Å². The molecule has 0 heterocycles. The molecule has 0 saturated carbocycles. The van der Waals surface area contributed by atoms with Gasteiger partial charge in [-0.25, -0.2) is 4.99 Å². The van der Waals surface area contributed by atoms with Crippen LogP contribution in [0.3, 0.4) is 0 Å². The van der Waals surface area contributed by atoms with Crippen molar-refractivity contribution in [2.45, 2.75) is 0 Å². The van der Waals surface area contributed by atoms with Gasteiger partial charge >= 0.3 is 0 Å². The molecule has 0 spiro atoms. The Hall–Kier alpha value is -2.64. The molecule has 0 aliphatic heterocycles. The summed E-state index contributed by atoms with van der Waals surface area (Å²) in [6.07, 6.45) is 0. The van der Waals surface area contributed by atoms with Crippen LogP contribution in [0.25, 0.3) is 0 Å². The van der Waals surface area contributed by atoms with E-state index in [2.05, 4.69) is 21.2 Å². The number of anilines is 1. The molecule has 0 unspecified atom stereocenters. The van der Waals surface area contributed by atoms with Crippen molar-refractivity contribution >= 4 is 52.0 Å². The van der Waals surface area contributed by atoms with Gasteiger partial charge in [-0.05, 0) is 36.5 Å². The number of nitrogens with one attached hydrogen (secondary N) is 3. The summed E-state index contributed by atoms with van der Waals surface area (Å²) in [5.74, 6) is -0.0840. The van der Waals surface area contributed by atoms with Crippen LogP contribution in [-0.4, -0.2) is 22.7 Å². The lowest BCUT2D eigenvalue weighted by molar-refractivity contribution is 0.0945. The van der Waals surface area contributed by atoms with E-state index in [-0.39, 0.29) is 16.8 Å². The SMILES string of the molecule is NC(CCl)=Nc1ccccc1C(=O)NNC(=S)Nc1ccccc1. The summed E-state index contributed by atoms with van der Waals surface area (Å²) in [6.45, 7) is 0. The fraction of sp³-hybridized carbons (Fsp3) is 0.0625. The number of halogens is 1. The van der Waals surface area contributed by atoms with Gasteiger partial charge in [0.05, 0.1) is 17.1 Å². The first-order valence-electron chi connectivity index (χ1n) is 7.00. The number of nitrogens with zero attached hydrogens (tertiary/aromatic N) is 1. The highest BCUT2D eigenvalue weighted by Crippen LogP contribution is 2.18. The predicted octanol–water partition coefficient (Wildman–Crippen LogP) is 2.55. The van der Waals surface area contributed by atoms with Crippen LogP contribution >= 0.6 is 23.8 Å². The van der Waals surface area contributed by atoms with Crippen molar-refractivity contribution in [2.75, 3.05) is 11.2 Å². The first-order chi connectivity index (χ1) is 11.6. The Kier molecular flexibility index (Phi) is 6.53. The lowest BCUT2D eigenvalue weighted by Gasteiger charge is -2.12. The van der Waals surface area contributed by atoms with Crippen LogP contribution in [0, 0.1) is 0 Å². The third-order valence-electron chi connectivity index (χ3n) is 2.87. The summed E-state index contributed by atoms with van der Waals surface area (Å²) in [6, 6.07) is 16.1. The number of amides is 1. The number of para-hydroxylation sites is 2. The van der Waals surface area contributed by atoms with Crippen LogP contribution < -0.4 is 21.9 Å². The second-order valence-electron chi connectivity index (χ2n) is 4.65. The maximum atomic E-state index is 12.3. The monoisotopic (exact) mass is 361 g/mol. The summed E-state index contributed by atoms with van der Waals surface area (Å²) in [5.41, 5.74) is 12.4. The molecule has 0 saturated heterocycles. The minimum Gasteiger partial charge on any atom is -0.386 e. The van der Waals surface area contributed by atoms with E-state index < -0.39 is 5.91 Å². The van der Waals surface area contributed by atoms with E-state index in [1.165, 1.54) is 0 Å². The van der Waals surface area contributed by atoms with Crippen molar-refractivity contribution in [1.29, 1.82) is 0 Å². The summed E-state index contributed by atoms with van der Waals surface area (Å²) in [5, 5.41) is 3.21. The topological polar surface area (TPSA) is 91.5 Å². The normalized spacial score (nSPS) is 10.8. The van der Waals surface area contributed by atoms with Crippen molar-refractivity contribution in [3.8, 4) is 0 Å². The zero-order valence-corrected chi connectivity index (χ0v) is 14.2. The fourth-order valence-corrected chi connectivity index (χ4v) is 2.04. The smallest absolute Gasteiger partial charge is 0.271 e. The van der Waals surface area contributed by atoms with Gasteiger partial charge in [0.1, 0.15) is 5.84 Å². The van der Waals surface area contributed by atoms with Gasteiger partial charge in [-0.3, -0.25) is 15.6 Å². The lowest BCUT2D eigenvalue weighted by atomic mass is 10.1. The number of thiocarbonyl (C=S) groups is 1. The van der Waals surface area contributed by atoms with Crippen LogP contribution in [-0.2, 0) is 0 Å². The standard InChI is InChI=1S/C16H16ClN5OS/c17-10-14(18)20-13-9-5-4-8-12(13)15(23)21-22-16(24)19-11-6-2-1-3-7-11/h1-9H,10H2,(H2,18,20)(H,21,23)(H2,19,22,24). The molecule has 2 aromatic rings. The zero-order chi connectivity index (χ0) is 17.4. The molecule has 6 nitrogen and oxygen atoms in total. The van der Waals surface area contributed by atoms with Crippen molar-refractivity contribution < 1.29 is 4.79 Å². The molecule has 24 heavy (non-hydrogen) atoms. The Labute approximate surface area is 150 Å². The van der Waals surface area contributed by atoms with Crippen LogP contribution in [0.4, 0.5) is 11.4 Å². The Bertz CT molecular complexity index is 751. The second-order valence-corrected chi connectivity index (χ2v) is 5.33. The molecule has 1 amide bonds. The number of hydrazine groups is 1. The van der Waals surface area contributed by atoms with Crippen molar-refractivity contribution in [3.05, 3.63) is 60.2 Å². The van der Waals surface area contributed by atoms with E-state index in [9.17, 15) is 4.79 Å². The highest BCUT2D eigenvalue weighted by molar-refractivity contribution is 7.80. The zero-order valence-electron chi connectivity index (χ0n) is 12.6. The Morgan fingerprint density at radius 3 is 2.46 bits per heavy atom. The Morgan fingerprint density at radius 1 is 1.08 bits per heavy atom. The molecule has 0 aromatic heterocycles. The average Bonchev–Trinajstić information content (AvgIpc) is 2.61. The van der Waals surface area contributed by atoms with Gasteiger partial charge < -0.3 is 11.1 Å². The van der Waals surface area contributed by atoms with E-state index >= 15 is 0 Å². The van der Waals surface area contributed by atoms with Crippen LogP contribution in [0.15, 0.2) is 59.6 Å². The van der Waals surface area contributed by atoms with Crippen molar-refractivity contribution in [3.63, 3.8) is 0 Å². The predicted molar refractivity (Wildman–Crippen MR) is 102 cm³/mol. The number of aliphatic imine (C=N–C) groups is 1. The number of alkyl halides is 1. The Morgan fingerprint density at radius 2 is 1.75 bits per heavy atom. The molecule has 2 rings (SSSR count). The number of carbonyl (C=O) groups excluding carboxylic acids is 1. The van der Waals surface area contributed by atoms with Gasteiger partial charge in [0.25, 0.3) is 5.91 Å². The number of benzene rings is 2. The summed E-state index contributed by atoms with van der Waals surface area (Å²) in [7, 11) is 0. The molecule has 2 aromatic carbocycles. The first kappa shape index (κ1) is 17.7. The summed E-state index contributed by atoms with van der Waals surface area (Å²) >= 11 is 10.7. The van der Waals surface area contributed by atoms with Crippen LogP contribution in [0.2, 0.25) is 0 Å². The van der Waals surface area contributed by atoms with E-state index in [4.69, 9.17) is 29.6 Å². The molecule has 0 radical (unpaired) electrons. The summed E-state index contributed by atoms with van der Waals surface area (Å²) < 4.78 is 0. The van der Waals surface area contributed by atoms with Crippen LogP contribution in [0.5, 0.6) is 0 Å². The summed E-state index contributed by atoms with van der Waals surface area (Å²) in [4.78, 5) is 16.4. The quantitative estimate of drug-likeness (QED) is 0.221. The lowest BCUT2D eigenvalue weighted by Crippen LogP contribution is -2.43. The van der Waals surface area contributed by atoms with E-state index in [0.717, 1.165) is 5.69 Å². The molecule has 8 heteroatoms. The van der Waals surface area contributed by atoms with Gasteiger partial charge in [0.2, 0.25) is 0 Å². The van der Waals surface area contributed by atoms with Gasteiger partial charge in [-0.2, -0.15) is 0 Å². The second kappa shape index (κ2) is 8.85. The van der Waals surface area contributed by atoms with Crippen LogP contribution in [0.1, 0.15) is 10.4 Å². The molecule has 0 aliphatic carbocycles. The maximum absolute atomic E-state index is 12.3.